The molecule has 0 radical (unpaired) electrons. The molecule has 0 saturated heterocycles. The maximum atomic E-state index is 9.08. The number of rotatable bonds is 6. The maximum absolute atomic E-state index is 9.08. The van der Waals surface area contributed by atoms with Crippen molar-refractivity contribution in [3.8, 4) is 23.1 Å². The molecule has 8 heteroatoms. The Morgan fingerprint density at radius 3 is 2.53 bits per heavy atom. The Bertz CT molecular complexity index is 1320. The van der Waals surface area contributed by atoms with E-state index in [0.29, 0.717) is 22.9 Å². The first kappa shape index (κ1) is 20.4. The van der Waals surface area contributed by atoms with Crippen LogP contribution in [0.3, 0.4) is 0 Å². The Balaban J connectivity index is 1.51. The number of aromatic nitrogens is 6. The Hall–Kier alpha value is -3.50. The van der Waals surface area contributed by atoms with Gasteiger partial charge >= 0.3 is 0 Å². The van der Waals surface area contributed by atoms with E-state index in [4.69, 9.17) is 22.0 Å². The highest BCUT2D eigenvalue weighted by molar-refractivity contribution is 6.33. The zero-order valence-corrected chi connectivity index (χ0v) is 18.7. The lowest BCUT2D eigenvalue weighted by atomic mass is 10.1. The van der Waals surface area contributed by atoms with E-state index < -0.39 is 0 Å². The van der Waals surface area contributed by atoms with Gasteiger partial charge in [-0.05, 0) is 50.8 Å². The van der Waals surface area contributed by atoms with Gasteiger partial charge in [0.2, 0.25) is 0 Å². The van der Waals surface area contributed by atoms with Crippen LogP contribution in [0.4, 0.5) is 0 Å². The van der Waals surface area contributed by atoms with Gasteiger partial charge in [0.25, 0.3) is 0 Å². The molecule has 1 fully saturated rings. The van der Waals surface area contributed by atoms with Gasteiger partial charge in [0, 0.05) is 30.3 Å². The lowest BCUT2D eigenvalue weighted by Gasteiger charge is -2.08. The molecule has 4 aromatic rings. The Labute approximate surface area is 191 Å². The standard InChI is InChI=1S/C24H22ClN7/c1-15-9-16(2)32(29-15)22-11-20(27-14-28-22)10-21-23(25)24(30-31(21)13-18-3-4-18)19-7-5-17(12-26)6-8-19/h5-9,11,14,18H,3-4,10,13H2,1-2H3. The normalized spacial score (nSPS) is 13.3. The molecule has 0 spiro atoms. The highest BCUT2D eigenvalue weighted by Gasteiger charge is 2.26. The van der Waals surface area contributed by atoms with Gasteiger partial charge < -0.3 is 0 Å². The van der Waals surface area contributed by atoms with Gasteiger partial charge in [-0.3, -0.25) is 4.68 Å². The molecule has 32 heavy (non-hydrogen) atoms. The van der Waals surface area contributed by atoms with Crippen LogP contribution >= 0.6 is 11.6 Å². The van der Waals surface area contributed by atoms with Crippen molar-refractivity contribution >= 4 is 11.6 Å². The van der Waals surface area contributed by atoms with Gasteiger partial charge in [0.05, 0.1) is 33.7 Å². The summed E-state index contributed by atoms with van der Waals surface area (Å²) in [6.07, 6.45) is 4.55. The van der Waals surface area contributed by atoms with Crippen LogP contribution in [0.2, 0.25) is 5.02 Å². The van der Waals surface area contributed by atoms with E-state index in [0.717, 1.165) is 46.4 Å². The smallest absolute Gasteiger partial charge is 0.157 e. The molecule has 160 valence electrons. The second-order valence-corrected chi connectivity index (χ2v) is 8.69. The van der Waals surface area contributed by atoms with E-state index >= 15 is 0 Å². The average molecular weight is 444 g/mol. The molecule has 0 N–H and O–H groups in total. The molecule has 7 nitrogen and oxygen atoms in total. The zero-order chi connectivity index (χ0) is 22.2. The molecule has 0 unspecified atom stereocenters. The third-order valence-corrected chi connectivity index (χ3v) is 6.09. The molecule has 3 aromatic heterocycles. The topological polar surface area (TPSA) is 85.2 Å². The van der Waals surface area contributed by atoms with Crippen molar-refractivity contribution in [3.05, 3.63) is 76.1 Å². The van der Waals surface area contributed by atoms with Crippen LogP contribution in [0.5, 0.6) is 0 Å². The minimum absolute atomic E-state index is 0.545. The van der Waals surface area contributed by atoms with Crippen molar-refractivity contribution in [2.24, 2.45) is 5.92 Å². The second-order valence-electron chi connectivity index (χ2n) is 8.31. The molecule has 5 rings (SSSR count). The van der Waals surface area contributed by atoms with Crippen LogP contribution < -0.4 is 0 Å². The average Bonchev–Trinajstić information content (AvgIpc) is 3.48. The van der Waals surface area contributed by atoms with E-state index in [9.17, 15) is 0 Å². The lowest BCUT2D eigenvalue weighted by Crippen LogP contribution is -2.09. The number of benzene rings is 1. The highest BCUT2D eigenvalue weighted by Crippen LogP contribution is 2.35. The van der Waals surface area contributed by atoms with Gasteiger partial charge in [0.1, 0.15) is 12.0 Å². The molecule has 1 aliphatic carbocycles. The second kappa shape index (κ2) is 8.21. The van der Waals surface area contributed by atoms with Crippen molar-refractivity contribution in [2.45, 2.75) is 39.7 Å². The SMILES string of the molecule is Cc1cc(C)n(-c2cc(Cc3c(Cl)c(-c4ccc(C#N)cc4)nn3CC3CC3)ncn2)n1. The fraction of sp³-hybridized carbons (Fsp3) is 0.292. The number of nitrogens with zero attached hydrogens (tertiary/aromatic N) is 7. The summed E-state index contributed by atoms with van der Waals surface area (Å²) in [6, 6.07) is 13.5. The molecule has 0 aliphatic heterocycles. The van der Waals surface area contributed by atoms with Crippen LogP contribution in [-0.4, -0.2) is 29.5 Å². The Morgan fingerprint density at radius 2 is 1.88 bits per heavy atom. The number of aryl methyl sites for hydroxylation is 2. The first-order chi connectivity index (χ1) is 15.5. The van der Waals surface area contributed by atoms with Crippen molar-refractivity contribution in [2.75, 3.05) is 0 Å². The molecule has 0 amide bonds. The molecule has 1 saturated carbocycles. The van der Waals surface area contributed by atoms with Crippen LogP contribution in [0.25, 0.3) is 17.1 Å². The number of halogens is 1. The van der Waals surface area contributed by atoms with E-state index in [1.54, 1.807) is 18.5 Å². The summed E-state index contributed by atoms with van der Waals surface area (Å²) in [5, 5.41) is 19.1. The third kappa shape index (κ3) is 4.02. The van der Waals surface area contributed by atoms with Crippen LogP contribution in [0, 0.1) is 31.1 Å². The first-order valence-corrected chi connectivity index (χ1v) is 11.0. The van der Waals surface area contributed by atoms with Crippen LogP contribution in [0.15, 0.2) is 42.7 Å². The Morgan fingerprint density at radius 1 is 1.09 bits per heavy atom. The zero-order valence-electron chi connectivity index (χ0n) is 18.0. The predicted octanol–water partition coefficient (Wildman–Crippen LogP) is 4.67. The summed E-state index contributed by atoms with van der Waals surface area (Å²) in [4.78, 5) is 8.90. The first-order valence-electron chi connectivity index (χ1n) is 10.6. The lowest BCUT2D eigenvalue weighted by molar-refractivity contribution is 0.544. The van der Waals surface area contributed by atoms with Gasteiger partial charge in [0.15, 0.2) is 5.82 Å². The summed E-state index contributed by atoms with van der Waals surface area (Å²) in [6.45, 7) is 4.82. The molecular formula is C24H22ClN7. The summed E-state index contributed by atoms with van der Waals surface area (Å²) >= 11 is 6.87. The summed E-state index contributed by atoms with van der Waals surface area (Å²) < 4.78 is 3.85. The third-order valence-electron chi connectivity index (χ3n) is 5.69. The van der Waals surface area contributed by atoms with Crippen LogP contribution in [-0.2, 0) is 13.0 Å². The largest absolute Gasteiger partial charge is 0.267 e. The fourth-order valence-electron chi connectivity index (χ4n) is 3.86. The number of nitriles is 1. The van der Waals surface area contributed by atoms with E-state index in [1.165, 1.54) is 12.8 Å². The minimum Gasteiger partial charge on any atom is -0.267 e. The molecule has 0 atom stereocenters. The van der Waals surface area contributed by atoms with E-state index in [2.05, 4.69) is 21.1 Å². The summed E-state index contributed by atoms with van der Waals surface area (Å²) in [5.41, 5.74) is 6.01. The molecule has 0 bridgehead atoms. The summed E-state index contributed by atoms with van der Waals surface area (Å²) in [5.74, 6) is 1.38. The molecule has 1 aromatic carbocycles. The van der Waals surface area contributed by atoms with Gasteiger partial charge in [-0.2, -0.15) is 15.5 Å². The van der Waals surface area contributed by atoms with Gasteiger partial charge in [-0.15, -0.1) is 0 Å². The quantitative estimate of drug-likeness (QED) is 0.432. The fourth-order valence-corrected chi connectivity index (χ4v) is 4.17. The van der Waals surface area contributed by atoms with Crippen molar-refractivity contribution in [1.29, 1.82) is 5.26 Å². The van der Waals surface area contributed by atoms with Crippen molar-refractivity contribution < 1.29 is 0 Å². The van der Waals surface area contributed by atoms with Crippen molar-refractivity contribution in [3.63, 3.8) is 0 Å². The predicted molar refractivity (Wildman–Crippen MR) is 122 cm³/mol. The van der Waals surface area contributed by atoms with E-state index in [-0.39, 0.29) is 0 Å². The van der Waals surface area contributed by atoms with Gasteiger partial charge in [-0.25, -0.2) is 14.6 Å². The monoisotopic (exact) mass is 443 g/mol. The molecule has 1 aliphatic rings. The highest BCUT2D eigenvalue weighted by atomic mass is 35.5. The minimum atomic E-state index is 0.545. The number of hydrogen-bond acceptors (Lipinski definition) is 5. The van der Waals surface area contributed by atoms with Crippen LogP contribution in [0.1, 0.15) is 41.2 Å². The maximum Gasteiger partial charge on any atom is 0.157 e. The van der Waals surface area contributed by atoms with E-state index in [1.807, 2.05) is 47.5 Å². The molecular weight excluding hydrogens is 422 g/mol. The number of hydrogen-bond donors (Lipinski definition) is 0. The Kier molecular flexibility index (Phi) is 5.24. The van der Waals surface area contributed by atoms with Crippen molar-refractivity contribution in [1.82, 2.24) is 29.5 Å². The molecule has 3 heterocycles. The summed E-state index contributed by atoms with van der Waals surface area (Å²) in [7, 11) is 0. The van der Waals surface area contributed by atoms with Gasteiger partial charge in [-0.1, -0.05) is 23.7 Å².